The number of allylic oxidation sites excluding steroid dienone is 2. The molecule has 0 radical (unpaired) electrons. The summed E-state index contributed by atoms with van der Waals surface area (Å²) in [7, 11) is -2.33. The van der Waals surface area contributed by atoms with Crippen LogP contribution in [0, 0.1) is 11.8 Å². The van der Waals surface area contributed by atoms with Crippen molar-refractivity contribution >= 4 is 40.0 Å². The van der Waals surface area contributed by atoms with Gasteiger partial charge in [-0.2, -0.15) is 0 Å². The Morgan fingerprint density at radius 1 is 0.469 bits per heavy atom. The van der Waals surface area contributed by atoms with Crippen LogP contribution in [0.25, 0.3) is 54.2 Å². The van der Waals surface area contributed by atoms with E-state index >= 15 is 0 Å². The Bertz CT molecular complexity index is 2140. The Hall–Kier alpha value is -4.46. The summed E-state index contributed by atoms with van der Waals surface area (Å²) < 4.78 is 0. The van der Waals surface area contributed by atoms with Gasteiger partial charge in [0.15, 0.2) is 0 Å². The van der Waals surface area contributed by atoms with Crippen molar-refractivity contribution in [3.63, 3.8) is 0 Å². The molecule has 0 fully saturated rings. The molecule has 2 aliphatic carbocycles. The molecule has 0 aliphatic heterocycles. The van der Waals surface area contributed by atoms with Crippen molar-refractivity contribution < 1.29 is 0 Å². The maximum atomic E-state index is 2.70. The van der Waals surface area contributed by atoms with E-state index in [0.29, 0.717) is 11.8 Å². The standard InChI is InChI=1S/C48H48Si/c1-7-31(3)43-29-35-21-15-27-41(39-25-13-19-33-17-9-11-23-37(33)39)45(35)47(43)49(5,6)48-44(32(4)8-2)30-36-22-16-28-42(46(36)48)40-26-14-20-34-18-10-12-24-38(34)40/h9-28,31-32H,7-8,29-30H2,1-6H3. The minimum atomic E-state index is -2.33. The molecule has 0 amide bonds. The predicted molar refractivity (Wildman–Crippen MR) is 216 cm³/mol. The minimum absolute atomic E-state index is 0.538. The third kappa shape index (κ3) is 5.09. The monoisotopic (exact) mass is 652 g/mol. The lowest BCUT2D eigenvalue weighted by molar-refractivity contribution is 0.645. The van der Waals surface area contributed by atoms with Crippen LogP contribution in [0.2, 0.25) is 13.1 Å². The van der Waals surface area contributed by atoms with Crippen LogP contribution in [0.15, 0.2) is 132 Å². The van der Waals surface area contributed by atoms with Crippen molar-refractivity contribution in [2.75, 3.05) is 0 Å². The second-order valence-electron chi connectivity index (χ2n) is 15.1. The van der Waals surface area contributed by atoms with Crippen LogP contribution in [-0.4, -0.2) is 8.07 Å². The van der Waals surface area contributed by atoms with Crippen molar-refractivity contribution in [1.82, 2.24) is 0 Å². The van der Waals surface area contributed by atoms with E-state index in [0.717, 1.165) is 25.7 Å². The van der Waals surface area contributed by atoms with Crippen molar-refractivity contribution in [3.8, 4) is 22.3 Å². The highest BCUT2D eigenvalue weighted by molar-refractivity contribution is 7.09. The first-order valence-electron chi connectivity index (χ1n) is 18.5. The summed E-state index contributed by atoms with van der Waals surface area (Å²) in [6, 6.07) is 45.9. The molecule has 0 nitrogen and oxygen atoms in total. The summed E-state index contributed by atoms with van der Waals surface area (Å²) in [4.78, 5) is 0. The van der Waals surface area contributed by atoms with Gasteiger partial charge in [-0.15, -0.1) is 0 Å². The molecule has 6 aromatic rings. The van der Waals surface area contributed by atoms with E-state index in [4.69, 9.17) is 0 Å². The summed E-state index contributed by atoms with van der Waals surface area (Å²) in [6.45, 7) is 15.1. The van der Waals surface area contributed by atoms with Gasteiger partial charge < -0.3 is 0 Å². The second kappa shape index (κ2) is 12.5. The number of hydrogen-bond acceptors (Lipinski definition) is 0. The normalized spacial score (nSPS) is 15.6. The van der Waals surface area contributed by atoms with Crippen LogP contribution >= 0.6 is 0 Å². The lowest BCUT2D eigenvalue weighted by atomic mass is 9.93. The van der Waals surface area contributed by atoms with Gasteiger partial charge in [0.25, 0.3) is 0 Å². The molecule has 0 saturated heterocycles. The fourth-order valence-corrected chi connectivity index (χ4v) is 13.6. The smallest absolute Gasteiger partial charge is 0.0648 e. The summed E-state index contributed by atoms with van der Waals surface area (Å²) >= 11 is 0. The van der Waals surface area contributed by atoms with Gasteiger partial charge in [-0.05, 0) is 114 Å². The molecule has 8 rings (SSSR count). The Balaban J connectivity index is 1.42. The van der Waals surface area contributed by atoms with Gasteiger partial charge in [-0.25, -0.2) is 0 Å². The van der Waals surface area contributed by atoms with E-state index in [9.17, 15) is 0 Å². The van der Waals surface area contributed by atoms with Gasteiger partial charge >= 0.3 is 0 Å². The third-order valence-corrected chi connectivity index (χ3v) is 15.7. The lowest BCUT2D eigenvalue weighted by Gasteiger charge is -2.34. The quantitative estimate of drug-likeness (QED) is 0.144. The van der Waals surface area contributed by atoms with Crippen molar-refractivity contribution in [2.45, 2.75) is 66.5 Å². The van der Waals surface area contributed by atoms with E-state index < -0.39 is 8.07 Å². The summed E-state index contributed by atoms with van der Waals surface area (Å²) in [5.41, 5.74) is 15.0. The first kappa shape index (κ1) is 31.8. The molecule has 2 aliphatic rings. The number of hydrogen-bond donors (Lipinski definition) is 0. The second-order valence-corrected chi connectivity index (χ2v) is 19.4. The average molecular weight is 653 g/mol. The summed E-state index contributed by atoms with van der Waals surface area (Å²) in [5, 5.41) is 8.72. The van der Waals surface area contributed by atoms with Crippen molar-refractivity contribution in [3.05, 3.63) is 155 Å². The maximum absolute atomic E-state index is 2.70. The summed E-state index contributed by atoms with van der Waals surface area (Å²) in [6.07, 6.45) is 4.46. The average Bonchev–Trinajstić information content (AvgIpc) is 3.75. The molecular formula is C48H48Si. The summed E-state index contributed by atoms with van der Waals surface area (Å²) in [5.74, 6) is 1.08. The van der Waals surface area contributed by atoms with E-state index in [1.54, 1.807) is 21.5 Å². The number of benzene rings is 6. The van der Waals surface area contributed by atoms with Crippen LogP contribution in [0.1, 0.15) is 62.8 Å². The predicted octanol–water partition coefficient (Wildman–Crippen LogP) is 13.5. The van der Waals surface area contributed by atoms with Gasteiger partial charge in [0, 0.05) is 0 Å². The molecular weight excluding hydrogens is 605 g/mol. The lowest BCUT2D eigenvalue weighted by Crippen LogP contribution is -2.33. The highest BCUT2D eigenvalue weighted by Gasteiger charge is 2.45. The molecule has 0 heterocycles. The zero-order valence-corrected chi connectivity index (χ0v) is 31.0. The van der Waals surface area contributed by atoms with E-state index in [1.165, 1.54) is 66.1 Å². The zero-order valence-electron chi connectivity index (χ0n) is 30.0. The van der Waals surface area contributed by atoms with Crippen molar-refractivity contribution in [1.29, 1.82) is 0 Å². The van der Waals surface area contributed by atoms with Gasteiger partial charge in [0.05, 0.1) is 0 Å². The zero-order chi connectivity index (χ0) is 33.9. The van der Waals surface area contributed by atoms with Crippen LogP contribution in [0.4, 0.5) is 0 Å². The third-order valence-electron chi connectivity index (χ3n) is 12.0. The fraction of sp³-hybridized carbons (Fsp3) is 0.250. The van der Waals surface area contributed by atoms with E-state index in [2.05, 4.69) is 162 Å². The molecule has 0 saturated carbocycles. The molecule has 0 aromatic heterocycles. The molecule has 1 heteroatoms. The molecule has 0 spiro atoms. The molecule has 2 unspecified atom stereocenters. The SMILES string of the molecule is CCC(C)C1=C([Si](C)(C)C2=C(C(C)CC)Cc3cccc(-c4cccc5ccccc45)c32)c2c(cccc2-c2cccc3ccccc23)C1. The Morgan fingerprint density at radius 3 is 1.27 bits per heavy atom. The van der Waals surface area contributed by atoms with Crippen molar-refractivity contribution in [2.24, 2.45) is 11.8 Å². The topological polar surface area (TPSA) is 0 Å². The van der Waals surface area contributed by atoms with E-state index in [-0.39, 0.29) is 0 Å². The van der Waals surface area contributed by atoms with Gasteiger partial charge in [0.1, 0.15) is 8.07 Å². The highest BCUT2D eigenvalue weighted by atomic mass is 28.3. The largest absolute Gasteiger partial charge is 0.113 e. The Labute approximate surface area is 294 Å². The Kier molecular flexibility index (Phi) is 8.08. The number of fused-ring (bicyclic) bond motifs is 4. The molecule has 0 bridgehead atoms. The highest BCUT2D eigenvalue weighted by Crippen LogP contribution is 2.55. The van der Waals surface area contributed by atoms with Gasteiger partial charge in [-0.3, -0.25) is 0 Å². The van der Waals surface area contributed by atoms with Crippen LogP contribution < -0.4 is 0 Å². The molecule has 2 atom stereocenters. The van der Waals surface area contributed by atoms with Crippen LogP contribution in [-0.2, 0) is 12.8 Å². The van der Waals surface area contributed by atoms with Gasteiger partial charge in [0.2, 0.25) is 0 Å². The molecule has 0 N–H and O–H groups in total. The first-order chi connectivity index (χ1) is 23.8. The maximum Gasteiger partial charge on any atom is 0.113 e. The Morgan fingerprint density at radius 2 is 0.837 bits per heavy atom. The molecule has 244 valence electrons. The fourth-order valence-electron chi connectivity index (χ4n) is 9.25. The molecule has 6 aromatic carbocycles. The minimum Gasteiger partial charge on any atom is -0.0648 e. The molecule has 49 heavy (non-hydrogen) atoms. The van der Waals surface area contributed by atoms with Gasteiger partial charge in [-0.1, -0.05) is 173 Å². The first-order valence-corrected chi connectivity index (χ1v) is 21.5. The van der Waals surface area contributed by atoms with Crippen LogP contribution in [0.3, 0.4) is 0 Å². The number of rotatable bonds is 8. The van der Waals surface area contributed by atoms with E-state index in [1.807, 2.05) is 0 Å². The van der Waals surface area contributed by atoms with Crippen LogP contribution in [0.5, 0.6) is 0 Å².